The molecule has 1 unspecified atom stereocenters. The topological polar surface area (TPSA) is 87.5 Å². The molecule has 3 aliphatic rings. The molecule has 176 valence electrons. The maximum Gasteiger partial charge on any atom is 0.235 e. The fourth-order valence-corrected chi connectivity index (χ4v) is 5.82. The third-order valence-electron chi connectivity index (χ3n) is 7.85. The zero-order valence-electron chi connectivity index (χ0n) is 19.3. The number of fused-ring (bicyclic) bond motifs is 1. The van der Waals surface area contributed by atoms with Crippen LogP contribution in [-0.4, -0.2) is 70.5 Å². The van der Waals surface area contributed by atoms with Crippen molar-refractivity contribution in [1.29, 1.82) is 0 Å². The number of rotatable bonds is 5. The molecule has 4 heterocycles. The minimum atomic E-state index is -0.362. The molecule has 8 nitrogen and oxygen atoms in total. The summed E-state index contributed by atoms with van der Waals surface area (Å²) in [4.78, 5) is 39.3. The van der Waals surface area contributed by atoms with E-state index in [1.165, 1.54) is 5.56 Å². The molecule has 0 aliphatic carbocycles. The van der Waals surface area contributed by atoms with E-state index in [1.807, 2.05) is 16.6 Å². The lowest BCUT2D eigenvalue weighted by atomic mass is 9.87. The summed E-state index contributed by atoms with van der Waals surface area (Å²) < 4.78 is 1.87. The van der Waals surface area contributed by atoms with Gasteiger partial charge < -0.3 is 9.80 Å². The maximum absolute atomic E-state index is 12.4. The van der Waals surface area contributed by atoms with Crippen LogP contribution in [0, 0.1) is 5.92 Å². The van der Waals surface area contributed by atoms with Crippen LogP contribution in [0.15, 0.2) is 18.2 Å². The molecule has 0 bridgehead atoms. The van der Waals surface area contributed by atoms with Gasteiger partial charge in [-0.15, -0.1) is 0 Å². The average Bonchev–Trinajstić information content (AvgIpc) is 3.15. The van der Waals surface area contributed by atoms with Crippen LogP contribution in [0.3, 0.4) is 0 Å². The molecule has 1 aromatic heterocycles. The van der Waals surface area contributed by atoms with Crippen LogP contribution < -0.4 is 5.32 Å². The van der Waals surface area contributed by atoms with Gasteiger partial charge in [-0.2, -0.15) is 5.10 Å². The van der Waals surface area contributed by atoms with Gasteiger partial charge in [-0.05, 0) is 68.7 Å². The molecule has 5 rings (SSSR count). The predicted molar refractivity (Wildman–Crippen MR) is 125 cm³/mol. The number of piperidine rings is 3. The first-order chi connectivity index (χ1) is 16.0. The predicted octanol–water partition coefficient (Wildman–Crippen LogP) is 2.14. The van der Waals surface area contributed by atoms with Gasteiger partial charge in [0.05, 0.1) is 17.1 Å². The highest BCUT2D eigenvalue weighted by molar-refractivity contribution is 6.02. The van der Waals surface area contributed by atoms with Crippen molar-refractivity contribution in [2.75, 3.05) is 32.7 Å². The Morgan fingerprint density at radius 3 is 2.52 bits per heavy atom. The lowest BCUT2D eigenvalue weighted by molar-refractivity contribution is -0.134. The molecule has 0 saturated carbocycles. The number of hydrogen-bond donors (Lipinski definition) is 1. The highest BCUT2D eigenvalue weighted by Gasteiger charge is 2.32. The van der Waals surface area contributed by atoms with Crippen LogP contribution in [0.25, 0.3) is 10.9 Å². The fourth-order valence-electron chi connectivity index (χ4n) is 5.82. The molecule has 1 atom stereocenters. The van der Waals surface area contributed by atoms with Crippen LogP contribution in [0.1, 0.15) is 61.6 Å². The van der Waals surface area contributed by atoms with Crippen LogP contribution in [0.5, 0.6) is 0 Å². The van der Waals surface area contributed by atoms with Gasteiger partial charge in [0, 0.05) is 38.5 Å². The Hall–Kier alpha value is -2.74. The highest BCUT2D eigenvalue weighted by Crippen LogP contribution is 2.34. The summed E-state index contributed by atoms with van der Waals surface area (Å²) >= 11 is 0. The number of nitrogens with zero attached hydrogens (tertiary/aromatic N) is 4. The van der Waals surface area contributed by atoms with Gasteiger partial charge in [0.15, 0.2) is 0 Å². The summed E-state index contributed by atoms with van der Waals surface area (Å²) in [5, 5.41) is 8.14. The van der Waals surface area contributed by atoms with E-state index in [-0.39, 0.29) is 17.7 Å². The Morgan fingerprint density at radius 1 is 1.06 bits per heavy atom. The van der Waals surface area contributed by atoms with E-state index in [2.05, 4.69) is 33.5 Å². The standard InChI is InChI=1S/C25H33N5O3/c1-28-22-14-19(2-3-20(22)24(27-28)21-4-5-23(32)26-25(21)33)18-8-12-29(13-9-18)15-17-6-10-30(16-31)11-7-17/h2-3,14,16-18,21H,4-13,15H2,1H3,(H,26,32,33). The largest absolute Gasteiger partial charge is 0.345 e. The van der Waals surface area contributed by atoms with Crippen molar-refractivity contribution in [3.05, 3.63) is 29.5 Å². The normalized spacial score (nSPS) is 23.8. The van der Waals surface area contributed by atoms with Crippen molar-refractivity contribution in [2.24, 2.45) is 13.0 Å². The summed E-state index contributed by atoms with van der Waals surface area (Å²) in [5.41, 5.74) is 3.18. The summed E-state index contributed by atoms with van der Waals surface area (Å²) in [6.45, 7) is 5.18. The highest BCUT2D eigenvalue weighted by atomic mass is 16.2. The zero-order chi connectivity index (χ0) is 22.9. The van der Waals surface area contributed by atoms with Crippen LogP contribution >= 0.6 is 0 Å². The number of imide groups is 1. The zero-order valence-corrected chi connectivity index (χ0v) is 19.3. The molecule has 8 heteroatoms. The van der Waals surface area contributed by atoms with Crippen molar-refractivity contribution in [3.63, 3.8) is 0 Å². The Labute approximate surface area is 194 Å². The van der Waals surface area contributed by atoms with Gasteiger partial charge >= 0.3 is 0 Å². The number of aryl methyl sites for hydroxylation is 1. The Bertz CT molecular complexity index is 1050. The molecule has 3 saturated heterocycles. The first kappa shape index (κ1) is 22.1. The van der Waals surface area contributed by atoms with Crippen molar-refractivity contribution >= 4 is 29.1 Å². The van der Waals surface area contributed by atoms with Crippen molar-refractivity contribution in [1.82, 2.24) is 24.9 Å². The van der Waals surface area contributed by atoms with Gasteiger partial charge in [0.1, 0.15) is 0 Å². The molecule has 33 heavy (non-hydrogen) atoms. The SMILES string of the molecule is Cn1nc(C2CCC(=O)NC2=O)c2ccc(C3CCN(CC4CCN(C=O)CC4)CC3)cc21. The van der Waals surface area contributed by atoms with Crippen molar-refractivity contribution in [3.8, 4) is 0 Å². The van der Waals surface area contributed by atoms with Crippen LogP contribution in [0.4, 0.5) is 0 Å². The Morgan fingerprint density at radius 2 is 1.82 bits per heavy atom. The number of amides is 3. The van der Waals surface area contributed by atoms with Crippen LogP contribution in [-0.2, 0) is 21.4 Å². The molecular weight excluding hydrogens is 418 g/mol. The molecule has 1 N–H and O–H groups in total. The van der Waals surface area contributed by atoms with Crippen LogP contribution in [0.2, 0.25) is 0 Å². The number of nitrogens with one attached hydrogen (secondary N) is 1. The molecule has 0 radical (unpaired) electrons. The van der Waals surface area contributed by atoms with E-state index < -0.39 is 0 Å². The summed E-state index contributed by atoms with van der Waals surface area (Å²) in [6, 6.07) is 6.56. The number of likely N-dealkylation sites (tertiary alicyclic amines) is 2. The first-order valence-electron chi connectivity index (χ1n) is 12.2. The van der Waals surface area contributed by atoms with Crippen molar-refractivity contribution < 1.29 is 14.4 Å². The van der Waals surface area contributed by atoms with Crippen molar-refractivity contribution in [2.45, 2.75) is 50.4 Å². The molecule has 2 aromatic rings. The van der Waals surface area contributed by atoms with Gasteiger partial charge in [-0.3, -0.25) is 24.4 Å². The number of hydrogen-bond acceptors (Lipinski definition) is 5. The van der Waals surface area contributed by atoms with Gasteiger partial charge in [-0.1, -0.05) is 12.1 Å². The number of aromatic nitrogens is 2. The number of benzene rings is 1. The van der Waals surface area contributed by atoms with Gasteiger partial charge in [0.25, 0.3) is 0 Å². The molecule has 3 fully saturated rings. The third-order valence-corrected chi connectivity index (χ3v) is 7.85. The fraction of sp³-hybridized carbons (Fsp3) is 0.600. The molecular formula is C25H33N5O3. The van der Waals surface area contributed by atoms with E-state index in [9.17, 15) is 14.4 Å². The summed E-state index contributed by atoms with van der Waals surface area (Å²) in [6.07, 6.45) is 6.39. The van der Waals surface area contributed by atoms with E-state index in [1.54, 1.807) is 0 Å². The lowest BCUT2D eigenvalue weighted by Gasteiger charge is -2.37. The summed E-state index contributed by atoms with van der Waals surface area (Å²) in [5.74, 6) is 0.445. The second-order valence-corrected chi connectivity index (χ2v) is 9.95. The maximum atomic E-state index is 12.4. The number of carbonyl (C=O) groups excluding carboxylic acids is 3. The van der Waals surface area contributed by atoms with E-state index in [0.717, 1.165) is 81.4 Å². The van der Waals surface area contributed by atoms with Gasteiger partial charge in [0.2, 0.25) is 18.2 Å². The quantitative estimate of drug-likeness (QED) is 0.556. The minimum Gasteiger partial charge on any atom is -0.345 e. The summed E-state index contributed by atoms with van der Waals surface area (Å²) in [7, 11) is 1.93. The van der Waals surface area contributed by atoms with E-state index in [4.69, 9.17) is 0 Å². The average molecular weight is 452 g/mol. The number of carbonyl (C=O) groups is 3. The second-order valence-electron chi connectivity index (χ2n) is 9.95. The Kier molecular flexibility index (Phi) is 6.19. The van der Waals surface area contributed by atoms with Gasteiger partial charge in [-0.25, -0.2) is 0 Å². The second kappa shape index (κ2) is 9.25. The minimum absolute atomic E-state index is 0.198. The third kappa shape index (κ3) is 4.53. The monoisotopic (exact) mass is 451 g/mol. The lowest BCUT2D eigenvalue weighted by Crippen LogP contribution is -2.40. The smallest absolute Gasteiger partial charge is 0.235 e. The molecule has 1 aromatic carbocycles. The molecule has 0 spiro atoms. The Balaban J connectivity index is 1.23. The van der Waals surface area contributed by atoms with E-state index >= 15 is 0 Å². The molecule has 3 aliphatic heterocycles. The first-order valence-corrected chi connectivity index (χ1v) is 12.2. The molecule has 3 amide bonds. The van der Waals surface area contributed by atoms with E-state index in [0.29, 0.717) is 24.7 Å².